The molecular formula is C12H16ClNO2. The molecule has 0 aliphatic heterocycles. The molecule has 4 heteroatoms. The van der Waals surface area contributed by atoms with Crippen molar-refractivity contribution in [3.63, 3.8) is 0 Å². The molecule has 88 valence electrons. The van der Waals surface area contributed by atoms with Crippen molar-refractivity contribution in [2.75, 3.05) is 0 Å². The van der Waals surface area contributed by atoms with Crippen molar-refractivity contribution in [3.8, 4) is 0 Å². The smallest absolute Gasteiger partial charge is 0.303 e. The van der Waals surface area contributed by atoms with Crippen LogP contribution in [0, 0.1) is 13.8 Å². The molecule has 0 radical (unpaired) electrons. The summed E-state index contributed by atoms with van der Waals surface area (Å²) in [5.74, 6) is -0.837. The summed E-state index contributed by atoms with van der Waals surface area (Å²) >= 11 is 6.12. The highest BCUT2D eigenvalue weighted by molar-refractivity contribution is 6.31. The van der Waals surface area contributed by atoms with Gasteiger partial charge in [0.1, 0.15) is 0 Å². The zero-order chi connectivity index (χ0) is 12.3. The monoisotopic (exact) mass is 241 g/mol. The van der Waals surface area contributed by atoms with Gasteiger partial charge < -0.3 is 10.8 Å². The van der Waals surface area contributed by atoms with Crippen molar-refractivity contribution < 1.29 is 9.90 Å². The van der Waals surface area contributed by atoms with Crippen LogP contribution < -0.4 is 5.73 Å². The van der Waals surface area contributed by atoms with E-state index in [4.69, 9.17) is 22.4 Å². The summed E-state index contributed by atoms with van der Waals surface area (Å²) < 4.78 is 0. The van der Waals surface area contributed by atoms with Crippen LogP contribution in [0.15, 0.2) is 12.1 Å². The predicted octanol–water partition coefficient (Wildman–Crippen LogP) is 2.82. The van der Waals surface area contributed by atoms with Crippen molar-refractivity contribution in [1.29, 1.82) is 0 Å². The highest BCUT2D eigenvalue weighted by Crippen LogP contribution is 2.28. The van der Waals surface area contributed by atoms with Gasteiger partial charge in [0.2, 0.25) is 0 Å². The molecule has 0 amide bonds. The summed E-state index contributed by atoms with van der Waals surface area (Å²) in [6.07, 6.45) is 0.462. The fourth-order valence-corrected chi connectivity index (χ4v) is 2.28. The Morgan fingerprint density at radius 1 is 1.50 bits per heavy atom. The average molecular weight is 242 g/mol. The van der Waals surface area contributed by atoms with Crippen molar-refractivity contribution in [2.24, 2.45) is 5.73 Å². The number of carboxylic acid groups (broad SMARTS) is 1. The van der Waals surface area contributed by atoms with Crippen LogP contribution in [-0.2, 0) is 4.79 Å². The minimum absolute atomic E-state index is 0.0603. The summed E-state index contributed by atoms with van der Waals surface area (Å²) in [6.45, 7) is 3.90. The molecule has 0 bridgehead atoms. The molecule has 0 heterocycles. The van der Waals surface area contributed by atoms with Crippen LogP contribution in [0.3, 0.4) is 0 Å². The minimum atomic E-state index is -0.837. The third kappa shape index (κ3) is 3.22. The second-order valence-corrected chi connectivity index (χ2v) is 4.42. The molecule has 0 aromatic heterocycles. The summed E-state index contributed by atoms with van der Waals surface area (Å²) in [6, 6.07) is 3.54. The van der Waals surface area contributed by atoms with Crippen LogP contribution in [0.2, 0.25) is 5.02 Å². The molecule has 1 aromatic carbocycles. The lowest BCUT2D eigenvalue weighted by Crippen LogP contribution is -2.14. The van der Waals surface area contributed by atoms with Crippen molar-refractivity contribution in [1.82, 2.24) is 0 Å². The predicted molar refractivity (Wildman–Crippen MR) is 64.7 cm³/mol. The molecule has 0 aliphatic carbocycles. The molecule has 0 fully saturated rings. The first kappa shape index (κ1) is 13.0. The number of hydrogen-bond acceptors (Lipinski definition) is 2. The third-order valence-electron chi connectivity index (χ3n) is 2.52. The highest BCUT2D eigenvalue weighted by atomic mass is 35.5. The van der Waals surface area contributed by atoms with E-state index in [9.17, 15) is 4.79 Å². The molecule has 0 saturated heterocycles. The number of halogens is 1. The molecule has 0 spiro atoms. The van der Waals surface area contributed by atoms with Crippen LogP contribution in [-0.4, -0.2) is 11.1 Å². The fourth-order valence-electron chi connectivity index (χ4n) is 1.82. The van der Waals surface area contributed by atoms with Crippen LogP contribution in [0.4, 0.5) is 0 Å². The lowest BCUT2D eigenvalue weighted by molar-refractivity contribution is -0.137. The van der Waals surface area contributed by atoms with Gasteiger partial charge in [0.05, 0.1) is 0 Å². The maximum absolute atomic E-state index is 10.5. The zero-order valence-electron chi connectivity index (χ0n) is 9.46. The number of hydrogen-bond donors (Lipinski definition) is 2. The number of rotatable bonds is 4. The van der Waals surface area contributed by atoms with Gasteiger partial charge in [0.25, 0.3) is 0 Å². The normalized spacial score (nSPS) is 12.5. The third-order valence-corrected chi connectivity index (χ3v) is 2.83. The van der Waals surface area contributed by atoms with E-state index in [0.29, 0.717) is 11.4 Å². The Bertz CT molecular complexity index is 381. The molecular weight excluding hydrogens is 226 g/mol. The highest BCUT2D eigenvalue weighted by Gasteiger charge is 2.14. The van der Waals surface area contributed by atoms with Crippen LogP contribution in [0.1, 0.15) is 35.6 Å². The summed E-state index contributed by atoms with van der Waals surface area (Å²) in [5, 5.41) is 9.22. The van der Waals surface area contributed by atoms with Gasteiger partial charge in [-0.1, -0.05) is 17.7 Å². The molecule has 1 atom stereocenters. The van der Waals surface area contributed by atoms with E-state index in [0.717, 1.165) is 16.7 Å². The van der Waals surface area contributed by atoms with Gasteiger partial charge in [0, 0.05) is 17.5 Å². The number of nitrogens with two attached hydrogens (primary N) is 1. The Kier molecular flexibility index (Phi) is 4.33. The molecule has 3 nitrogen and oxygen atoms in total. The Morgan fingerprint density at radius 3 is 2.62 bits per heavy atom. The average Bonchev–Trinajstić information content (AvgIpc) is 2.12. The lowest BCUT2D eigenvalue weighted by atomic mass is 9.96. The van der Waals surface area contributed by atoms with Gasteiger partial charge in [-0.05, 0) is 43.0 Å². The van der Waals surface area contributed by atoms with Crippen molar-refractivity contribution in [3.05, 3.63) is 33.8 Å². The van der Waals surface area contributed by atoms with Gasteiger partial charge in [-0.2, -0.15) is 0 Å². The van der Waals surface area contributed by atoms with E-state index in [1.165, 1.54) is 0 Å². The first-order valence-electron chi connectivity index (χ1n) is 5.16. The Balaban J connectivity index is 2.90. The second kappa shape index (κ2) is 5.32. The molecule has 1 rings (SSSR count). The maximum atomic E-state index is 10.5. The number of carboxylic acids is 1. The molecule has 0 saturated carbocycles. The molecule has 3 N–H and O–H groups in total. The Labute approximate surface area is 100 Å². The topological polar surface area (TPSA) is 63.3 Å². The van der Waals surface area contributed by atoms with E-state index >= 15 is 0 Å². The van der Waals surface area contributed by atoms with Crippen LogP contribution in [0.5, 0.6) is 0 Å². The Morgan fingerprint density at radius 2 is 2.12 bits per heavy atom. The van der Waals surface area contributed by atoms with E-state index in [2.05, 4.69) is 0 Å². The van der Waals surface area contributed by atoms with E-state index in [1.807, 2.05) is 26.0 Å². The minimum Gasteiger partial charge on any atom is -0.481 e. The summed E-state index contributed by atoms with van der Waals surface area (Å²) in [4.78, 5) is 10.5. The van der Waals surface area contributed by atoms with Gasteiger partial charge in [-0.15, -0.1) is 0 Å². The number of benzene rings is 1. The van der Waals surface area contributed by atoms with Crippen molar-refractivity contribution >= 4 is 17.6 Å². The van der Waals surface area contributed by atoms with Gasteiger partial charge in [0.15, 0.2) is 0 Å². The standard InChI is InChI=1S/C12H16ClNO2/c1-7-5-8(2)12(9(13)6-7)10(14)3-4-11(15)16/h5-6,10H,3-4,14H2,1-2H3,(H,15,16). The maximum Gasteiger partial charge on any atom is 0.303 e. The molecule has 0 aliphatic rings. The van der Waals surface area contributed by atoms with Gasteiger partial charge >= 0.3 is 5.97 Å². The van der Waals surface area contributed by atoms with Gasteiger partial charge in [-0.25, -0.2) is 0 Å². The van der Waals surface area contributed by atoms with Crippen LogP contribution in [0.25, 0.3) is 0 Å². The quantitative estimate of drug-likeness (QED) is 0.852. The summed E-state index contributed by atoms with van der Waals surface area (Å²) in [7, 11) is 0. The first-order chi connectivity index (χ1) is 7.41. The first-order valence-corrected chi connectivity index (χ1v) is 5.53. The summed E-state index contributed by atoms with van der Waals surface area (Å²) in [5.41, 5.74) is 8.90. The largest absolute Gasteiger partial charge is 0.481 e. The molecule has 1 aromatic rings. The van der Waals surface area contributed by atoms with E-state index < -0.39 is 5.97 Å². The molecule has 1 unspecified atom stereocenters. The second-order valence-electron chi connectivity index (χ2n) is 4.02. The van der Waals surface area contributed by atoms with Gasteiger partial charge in [-0.3, -0.25) is 4.79 Å². The van der Waals surface area contributed by atoms with Crippen molar-refractivity contribution in [2.45, 2.75) is 32.7 Å². The fraction of sp³-hybridized carbons (Fsp3) is 0.417. The number of aliphatic carboxylic acids is 1. The SMILES string of the molecule is Cc1cc(C)c(C(N)CCC(=O)O)c(Cl)c1. The lowest BCUT2D eigenvalue weighted by Gasteiger charge is -2.16. The van der Waals surface area contributed by atoms with E-state index in [-0.39, 0.29) is 12.5 Å². The zero-order valence-corrected chi connectivity index (χ0v) is 10.2. The number of aryl methyl sites for hydroxylation is 2. The van der Waals surface area contributed by atoms with E-state index in [1.54, 1.807) is 0 Å². The Hall–Kier alpha value is -1.06. The molecule has 16 heavy (non-hydrogen) atoms. The number of carbonyl (C=O) groups is 1. The van der Waals surface area contributed by atoms with Crippen LogP contribution >= 0.6 is 11.6 Å².